The Morgan fingerprint density at radius 1 is 1.05 bits per heavy atom. The Labute approximate surface area is 241 Å². The lowest BCUT2D eigenvalue weighted by molar-refractivity contribution is -0.135. The van der Waals surface area contributed by atoms with Gasteiger partial charge in [-0.05, 0) is 49.2 Å². The normalized spacial score (nSPS) is 17.4. The molecule has 1 aromatic carbocycles. The molecule has 214 valence electrons. The molecule has 6 rings (SSSR count). The minimum Gasteiger partial charge on any atom is -0.465 e. The highest BCUT2D eigenvalue weighted by molar-refractivity contribution is 7.14. The van der Waals surface area contributed by atoms with Gasteiger partial charge in [-0.1, -0.05) is 6.92 Å². The van der Waals surface area contributed by atoms with E-state index in [4.69, 9.17) is 9.97 Å². The first-order chi connectivity index (χ1) is 19.8. The number of amides is 2. The topological polar surface area (TPSA) is 97.5 Å². The Morgan fingerprint density at radius 2 is 1.80 bits per heavy atom. The fraction of sp³-hybridized carbons (Fsp3) is 0.379. The van der Waals surface area contributed by atoms with Crippen LogP contribution >= 0.6 is 11.3 Å². The van der Waals surface area contributed by atoms with Crippen molar-refractivity contribution in [1.82, 2.24) is 24.2 Å². The van der Waals surface area contributed by atoms with Gasteiger partial charge in [-0.25, -0.2) is 19.2 Å². The van der Waals surface area contributed by atoms with Crippen LogP contribution in [0.5, 0.6) is 0 Å². The smallest absolute Gasteiger partial charge is 0.407 e. The van der Waals surface area contributed by atoms with Crippen molar-refractivity contribution in [2.75, 3.05) is 56.1 Å². The average molecular weight is 578 g/mol. The molecule has 2 aliphatic rings. The predicted molar refractivity (Wildman–Crippen MR) is 157 cm³/mol. The molecule has 0 saturated carbocycles. The van der Waals surface area contributed by atoms with Crippen molar-refractivity contribution in [2.45, 2.75) is 19.8 Å². The number of benzene rings is 1. The van der Waals surface area contributed by atoms with Crippen LogP contribution in [0.2, 0.25) is 0 Å². The molecule has 0 radical (unpaired) electrons. The van der Waals surface area contributed by atoms with Crippen molar-refractivity contribution < 1.29 is 19.1 Å². The van der Waals surface area contributed by atoms with Crippen molar-refractivity contribution >= 4 is 45.6 Å². The molecule has 10 nitrogen and oxygen atoms in total. The third-order valence-electron chi connectivity index (χ3n) is 7.98. The van der Waals surface area contributed by atoms with Gasteiger partial charge in [0.1, 0.15) is 17.3 Å². The van der Waals surface area contributed by atoms with Gasteiger partial charge in [0.25, 0.3) is 0 Å². The van der Waals surface area contributed by atoms with Crippen LogP contribution in [-0.2, 0) is 11.2 Å². The van der Waals surface area contributed by atoms with E-state index in [-0.39, 0.29) is 24.2 Å². The van der Waals surface area contributed by atoms with E-state index in [1.54, 1.807) is 12.1 Å². The molecule has 1 unspecified atom stereocenters. The minimum atomic E-state index is -0.959. The molecule has 1 atom stereocenters. The molecule has 0 bridgehead atoms. The highest BCUT2D eigenvalue weighted by Crippen LogP contribution is 2.34. The Hall–Kier alpha value is -4.19. The molecule has 12 heteroatoms. The van der Waals surface area contributed by atoms with Crippen LogP contribution < -0.4 is 9.80 Å². The fourth-order valence-corrected chi connectivity index (χ4v) is 6.49. The zero-order valence-electron chi connectivity index (χ0n) is 23.0. The number of imidazole rings is 1. The van der Waals surface area contributed by atoms with Gasteiger partial charge in [-0.3, -0.25) is 9.20 Å². The fourth-order valence-electron chi connectivity index (χ4n) is 5.69. The van der Waals surface area contributed by atoms with E-state index >= 15 is 0 Å². The number of hydrogen-bond acceptors (Lipinski definition) is 7. The Kier molecular flexibility index (Phi) is 7.24. The number of fused-ring (bicyclic) bond motifs is 1. The van der Waals surface area contributed by atoms with E-state index in [0.717, 1.165) is 45.7 Å². The van der Waals surface area contributed by atoms with Gasteiger partial charge in [-0.2, -0.15) is 0 Å². The van der Waals surface area contributed by atoms with Crippen molar-refractivity contribution in [2.24, 2.45) is 5.92 Å². The summed E-state index contributed by atoms with van der Waals surface area (Å²) in [7, 11) is 1.99. The number of hydrogen-bond donors (Lipinski definition) is 1. The lowest BCUT2D eigenvalue weighted by Crippen LogP contribution is -2.50. The maximum absolute atomic E-state index is 13.4. The standard InChI is InChI=1S/C29H32FN7O3S/c1-3-23-26(33(2)28-32-24(18-41-28)19-4-6-21(30)7-5-19)37-17-22(8-9-25(37)31-23)34-12-14-35(15-13-34)27(38)20-10-11-36(16-20)29(39)40/h4-9,17-18,20H,3,10-16H2,1-2H3,(H,39,40). The van der Waals surface area contributed by atoms with Gasteiger partial charge in [-0.15, -0.1) is 11.3 Å². The highest BCUT2D eigenvalue weighted by Gasteiger charge is 2.34. The van der Waals surface area contributed by atoms with E-state index in [0.29, 0.717) is 39.1 Å². The van der Waals surface area contributed by atoms with E-state index < -0.39 is 6.09 Å². The Morgan fingerprint density at radius 3 is 2.49 bits per heavy atom. The summed E-state index contributed by atoms with van der Waals surface area (Å²) >= 11 is 1.53. The van der Waals surface area contributed by atoms with Crippen LogP contribution in [0, 0.1) is 11.7 Å². The largest absolute Gasteiger partial charge is 0.465 e. The Bertz CT molecular complexity index is 1580. The second-order valence-corrected chi connectivity index (χ2v) is 11.3. The van der Waals surface area contributed by atoms with Gasteiger partial charge in [0.2, 0.25) is 5.91 Å². The van der Waals surface area contributed by atoms with Crippen LogP contribution in [0.1, 0.15) is 19.0 Å². The summed E-state index contributed by atoms with van der Waals surface area (Å²) in [5.41, 5.74) is 4.52. The number of thiazole rings is 1. The summed E-state index contributed by atoms with van der Waals surface area (Å²) in [6.07, 6.45) is 2.48. The number of nitrogens with zero attached hydrogens (tertiary/aromatic N) is 7. The first kappa shape index (κ1) is 27.0. The zero-order chi connectivity index (χ0) is 28.7. The monoisotopic (exact) mass is 577 g/mol. The lowest BCUT2D eigenvalue weighted by atomic mass is 10.1. The molecule has 2 amide bonds. The number of likely N-dealkylation sites (tertiary alicyclic amines) is 1. The van der Waals surface area contributed by atoms with Gasteiger partial charge in [0.05, 0.1) is 23.0 Å². The van der Waals surface area contributed by atoms with Crippen LogP contribution in [0.15, 0.2) is 48.0 Å². The zero-order valence-corrected chi connectivity index (χ0v) is 23.8. The quantitative estimate of drug-likeness (QED) is 0.358. The molecule has 2 aliphatic heterocycles. The van der Waals surface area contributed by atoms with Gasteiger partial charge >= 0.3 is 6.09 Å². The molecular weight excluding hydrogens is 545 g/mol. The minimum absolute atomic E-state index is 0.0541. The third-order valence-corrected chi connectivity index (χ3v) is 8.90. The molecule has 4 aromatic rings. The highest BCUT2D eigenvalue weighted by atomic mass is 32.1. The first-order valence-electron chi connectivity index (χ1n) is 13.8. The molecule has 2 fully saturated rings. The van der Waals surface area contributed by atoms with Crippen LogP contribution in [0.25, 0.3) is 16.9 Å². The predicted octanol–water partition coefficient (Wildman–Crippen LogP) is 4.58. The Balaban J connectivity index is 1.20. The number of aryl methyl sites for hydroxylation is 1. The molecular formula is C29H32FN7O3S. The van der Waals surface area contributed by atoms with Gasteiger partial charge < -0.3 is 24.7 Å². The van der Waals surface area contributed by atoms with E-state index in [1.807, 2.05) is 23.4 Å². The number of carboxylic acid groups (broad SMARTS) is 1. The lowest BCUT2D eigenvalue weighted by Gasteiger charge is -2.37. The van der Waals surface area contributed by atoms with Crippen LogP contribution in [0.3, 0.4) is 0 Å². The first-order valence-corrected chi connectivity index (χ1v) is 14.7. The molecule has 0 spiro atoms. The molecule has 2 saturated heterocycles. The summed E-state index contributed by atoms with van der Waals surface area (Å²) in [5, 5.41) is 12.0. The molecule has 3 aromatic heterocycles. The number of piperazine rings is 1. The van der Waals surface area contributed by atoms with Gasteiger partial charge in [0.15, 0.2) is 5.13 Å². The second-order valence-electron chi connectivity index (χ2n) is 10.5. The van der Waals surface area contributed by atoms with E-state index in [1.165, 1.54) is 28.4 Å². The van der Waals surface area contributed by atoms with Gasteiger partial charge in [0, 0.05) is 63.5 Å². The summed E-state index contributed by atoms with van der Waals surface area (Å²) in [4.78, 5) is 41.5. The van der Waals surface area contributed by atoms with Crippen molar-refractivity contribution in [1.29, 1.82) is 0 Å². The van der Waals surface area contributed by atoms with Crippen molar-refractivity contribution in [3.63, 3.8) is 0 Å². The molecule has 41 heavy (non-hydrogen) atoms. The summed E-state index contributed by atoms with van der Waals surface area (Å²) in [6, 6.07) is 10.4. The molecule has 5 heterocycles. The van der Waals surface area contributed by atoms with Crippen LogP contribution in [0.4, 0.5) is 25.8 Å². The number of carbonyl (C=O) groups is 2. The number of halogens is 1. The number of anilines is 3. The van der Waals surface area contributed by atoms with Crippen molar-refractivity contribution in [3.05, 3.63) is 59.5 Å². The maximum Gasteiger partial charge on any atom is 0.407 e. The molecule has 0 aliphatic carbocycles. The second kappa shape index (κ2) is 11.0. The summed E-state index contributed by atoms with van der Waals surface area (Å²) < 4.78 is 15.5. The number of aromatic nitrogens is 3. The van der Waals surface area contributed by atoms with Crippen molar-refractivity contribution in [3.8, 4) is 11.3 Å². The number of rotatable bonds is 6. The van der Waals surface area contributed by atoms with E-state index in [9.17, 15) is 19.1 Å². The van der Waals surface area contributed by atoms with Crippen LogP contribution in [-0.4, -0.2) is 87.6 Å². The SMILES string of the molecule is CCc1nc2ccc(N3CCN(C(=O)C4CCN(C(=O)O)C4)CC3)cn2c1N(C)c1nc(-c2ccc(F)cc2)cs1. The summed E-state index contributed by atoms with van der Waals surface area (Å²) in [5.74, 6) is 0.477. The summed E-state index contributed by atoms with van der Waals surface area (Å²) in [6.45, 7) is 5.38. The molecule has 1 N–H and O–H groups in total. The maximum atomic E-state index is 13.4. The van der Waals surface area contributed by atoms with E-state index in [2.05, 4.69) is 33.4 Å². The third kappa shape index (κ3) is 5.19. The average Bonchev–Trinajstić information content (AvgIpc) is 3.75. The number of carbonyl (C=O) groups excluding carboxylic acids is 1. The number of pyridine rings is 1.